The number of rotatable bonds is 5. The number of anilines is 1. The van der Waals surface area contributed by atoms with Crippen molar-refractivity contribution in [1.82, 2.24) is 15.0 Å². The lowest BCUT2D eigenvalue weighted by molar-refractivity contribution is -0.0488. The summed E-state index contributed by atoms with van der Waals surface area (Å²) in [6.45, 7) is 5.72. The van der Waals surface area contributed by atoms with E-state index in [1.165, 1.54) is 0 Å². The van der Waals surface area contributed by atoms with Gasteiger partial charge in [0.1, 0.15) is 0 Å². The Morgan fingerprint density at radius 1 is 1.26 bits per heavy atom. The number of hydrogen-bond donors (Lipinski definition) is 1. The van der Waals surface area contributed by atoms with Crippen LogP contribution >= 0.6 is 0 Å². The van der Waals surface area contributed by atoms with Crippen LogP contribution in [0.2, 0.25) is 0 Å². The number of aryl methyl sites for hydroxylation is 2. The average molecular weight is 314 g/mol. The Bertz CT molecular complexity index is 615. The van der Waals surface area contributed by atoms with Gasteiger partial charge in [-0.2, -0.15) is 0 Å². The van der Waals surface area contributed by atoms with E-state index in [1.54, 1.807) is 6.20 Å². The molecule has 122 valence electrons. The Hall–Kier alpha value is -2.05. The number of nitrogens with one attached hydrogen (secondary N) is 1. The predicted molar refractivity (Wildman–Crippen MR) is 87.2 cm³/mol. The van der Waals surface area contributed by atoms with Crippen LogP contribution in [0.1, 0.15) is 23.5 Å². The van der Waals surface area contributed by atoms with E-state index in [0.717, 1.165) is 23.5 Å². The Kier molecular flexibility index (Phi) is 5.15. The smallest absolute Gasteiger partial charge is 0.223 e. The van der Waals surface area contributed by atoms with Crippen molar-refractivity contribution < 1.29 is 9.47 Å². The minimum atomic E-state index is 0.0358. The van der Waals surface area contributed by atoms with Crippen LogP contribution < -0.4 is 5.32 Å². The summed E-state index contributed by atoms with van der Waals surface area (Å²) in [5, 5.41) is 3.36. The van der Waals surface area contributed by atoms with E-state index < -0.39 is 0 Å². The number of ether oxygens (including phenoxy) is 2. The van der Waals surface area contributed by atoms with Crippen molar-refractivity contribution in [3.8, 4) is 0 Å². The zero-order chi connectivity index (χ0) is 16.1. The van der Waals surface area contributed by atoms with Gasteiger partial charge < -0.3 is 14.8 Å². The van der Waals surface area contributed by atoms with Crippen molar-refractivity contribution >= 4 is 5.95 Å². The van der Waals surface area contributed by atoms with Crippen molar-refractivity contribution in [3.05, 3.63) is 47.5 Å². The van der Waals surface area contributed by atoms with Gasteiger partial charge in [0.2, 0.25) is 5.95 Å². The van der Waals surface area contributed by atoms with Crippen LogP contribution in [-0.4, -0.2) is 40.3 Å². The topological polar surface area (TPSA) is 69.2 Å². The van der Waals surface area contributed by atoms with E-state index in [-0.39, 0.29) is 12.1 Å². The van der Waals surface area contributed by atoms with E-state index in [4.69, 9.17) is 9.47 Å². The van der Waals surface area contributed by atoms with Crippen molar-refractivity contribution in [2.45, 2.75) is 39.0 Å². The first-order valence-corrected chi connectivity index (χ1v) is 7.89. The number of pyridine rings is 1. The molecule has 0 radical (unpaired) electrons. The van der Waals surface area contributed by atoms with Crippen LogP contribution in [0.5, 0.6) is 0 Å². The van der Waals surface area contributed by atoms with E-state index in [1.807, 2.05) is 38.1 Å². The molecule has 0 aromatic carbocycles. The molecule has 2 aromatic heterocycles. The molecule has 0 unspecified atom stereocenters. The standard InChI is InChI=1S/C17H22N4O2/c1-12-9-13(2)20-17(19-12)21-15-11-22-8-6-16(15)23-10-14-5-3-4-7-18-14/h3-5,7,9,15-16H,6,8,10-11H2,1-2H3,(H,19,20,21)/t15-,16-/m1/s1. The molecule has 0 saturated carbocycles. The van der Waals surface area contributed by atoms with Gasteiger partial charge in [-0.15, -0.1) is 0 Å². The van der Waals surface area contributed by atoms with Gasteiger partial charge in [0.15, 0.2) is 0 Å². The summed E-state index contributed by atoms with van der Waals surface area (Å²) in [6.07, 6.45) is 2.67. The molecule has 0 aliphatic carbocycles. The Morgan fingerprint density at radius 2 is 2.09 bits per heavy atom. The summed E-state index contributed by atoms with van der Waals surface area (Å²) in [6, 6.07) is 7.83. The third-order valence-electron chi connectivity index (χ3n) is 3.76. The maximum Gasteiger partial charge on any atom is 0.223 e. The SMILES string of the molecule is Cc1cc(C)nc(N[C@@H]2COCC[C@H]2OCc2ccccn2)n1. The van der Waals surface area contributed by atoms with Crippen LogP contribution in [-0.2, 0) is 16.1 Å². The molecular weight excluding hydrogens is 292 g/mol. The van der Waals surface area contributed by atoms with Gasteiger partial charge in [0.05, 0.1) is 31.1 Å². The molecule has 6 nitrogen and oxygen atoms in total. The second kappa shape index (κ2) is 7.48. The highest BCUT2D eigenvalue weighted by Crippen LogP contribution is 2.17. The Balaban J connectivity index is 1.64. The average Bonchev–Trinajstić information content (AvgIpc) is 2.54. The molecule has 0 amide bonds. The van der Waals surface area contributed by atoms with Gasteiger partial charge in [0, 0.05) is 24.2 Å². The molecule has 1 fully saturated rings. The van der Waals surface area contributed by atoms with Crippen molar-refractivity contribution in [3.63, 3.8) is 0 Å². The quantitative estimate of drug-likeness (QED) is 0.913. The third kappa shape index (κ3) is 4.46. The normalized spacial score (nSPS) is 21.1. The van der Waals surface area contributed by atoms with Gasteiger partial charge in [0.25, 0.3) is 0 Å². The lowest BCUT2D eigenvalue weighted by Crippen LogP contribution is -2.44. The summed E-state index contributed by atoms with van der Waals surface area (Å²) < 4.78 is 11.6. The lowest BCUT2D eigenvalue weighted by atomic mass is 10.1. The fourth-order valence-corrected chi connectivity index (χ4v) is 2.68. The molecule has 0 spiro atoms. The van der Waals surface area contributed by atoms with Crippen molar-refractivity contribution in [2.24, 2.45) is 0 Å². The second-order valence-electron chi connectivity index (χ2n) is 5.76. The lowest BCUT2D eigenvalue weighted by Gasteiger charge is -2.32. The van der Waals surface area contributed by atoms with E-state index in [0.29, 0.717) is 25.8 Å². The highest BCUT2D eigenvalue weighted by atomic mass is 16.5. The maximum atomic E-state index is 6.05. The molecule has 6 heteroatoms. The van der Waals surface area contributed by atoms with E-state index >= 15 is 0 Å². The van der Waals surface area contributed by atoms with Gasteiger partial charge in [-0.05, 0) is 38.5 Å². The summed E-state index contributed by atoms with van der Waals surface area (Å²) in [7, 11) is 0. The van der Waals surface area contributed by atoms with E-state index in [9.17, 15) is 0 Å². The predicted octanol–water partition coefficient (Wildman–Crippen LogP) is 2.27. The largest absolute Gasteiger partial charge is 0.379 e. The highest BCUT2D eigenvalue weighted by molar-refractivity contribution is 5.29. The van der Waals surface area contributed by atoms with Crippen LogP contribution in [0.15, 0.2) is 30.5 Å². The van der Waals surface area contributed by atoms with Crippen LogP contribution in [0.25, 0.3) is 0 Å². The molecule has 23 heavy (non-hydrogen) atoms. The number of nitrogens with zero attached hydrogens (tertiary/aromatic N) is 3. The third-order valence-corrected chi connectivity index (χ3v) is 3.76. The monoisotopic (exact) mass is 314 g/mol. The molecule has 2 atom stereocenters. The minimum absolute atomic E-state index is 0.0358. The summed E-state index contributed by atoms with van der Waals surface area (Å²) in [5.74, 6) is 0.629. The van der Waals surface area contributed by atoms with Gasteiger partial charge in [-0.1, -0.05) is 6.07 Å². The first-order chi connectivity index (χ1) is 11.2. The first-order valence-electron chi connectivity index (χ1n) is 7.89. The minimum Gasteiger partial charge on any atom is -0.379 e. The van der Waals surface area contributed by atoms with Crippen LogP contribution in [0.3, 0.4) is 0 Å². The molecule has 3 heterocycles. The molecule has 1 aliphatic heterocycles. The van der Waals surface area contributed by atoms with Crippen molar-refractivity contribution in [2.75, 3.05) is 18.5 Å². The molecule has 1 aliphatic rings. The summed E-state index contributed by atoms with van der Waals surface area (Å²) in [4.78, 5) is 13.2. The Labute approximate surface area is 136 Å². The second-order valence-corrected chi connectivity index (χ2v) is 5.76. The van der Waals surface area contributed by atoms with Gasteiger partial charge >= 0.3 is 0 Å². The fourth-order valence-electron chi connectivity index (χ4n) is 2.68. The summed E-state index contributed by atoms with van der Waals surface area (Å²) in [5.41, 5.74) is 2.82. The zero-order valence-electron chi connectivity index (χ0n) is 13.5. The molecule has 0 bridgehead atoms. The van der Waals surface area contributed by atoms with Crippen molar-refractivity contribution in [1.29, 1.82) is 0 Å². The van der Waals surface area contributed by atoms with E-state index in [2.05, 4.69) is 20.3 Å². The molecule has 1 N–H and O–H groups in total. The zero-order valence-corrected chi connectivity index (χ0v) is 13.5. The molecule has 3 rings (SSSR count). The van der Waals surface area contributed by atoms with Crippen LogP contribution in [0, 0.1) is 13.8 Å². The number of aromatic nitrogens is 3. The van der Waals surface area contributed by atoms with Gasteiger partial charge in [-0.3, -0.25) is 4.98 Å². The highest BCUT2D eigenvalue weighted by Gasteiger charge is 2.27. The first kappa shape index (κ1) is 15.8. The molecular formula is C17H22N4O2. The Morgan fingerprint density at radius 3 is 2.83 bits per heavy atom. The molecule has 2 aromatic rings. The van der Waals surface area contributed by atoms with Gasteiger partial charge in [-0.25, -0.2) is 9.97 Å². The van der Waals surface area contributed by atoms with Crippen LogP contribution in [0.4, 0.5) is 5.95 Å². The maximum absolute atomic E-state index is 6.05. The fraction of sp³-hybridized carbons (Fsp3) is 0.471. The molecule has 1 saturated heterocycles. The number of hydrogen-bond acceptors (Lipinski definition) is 6. The summed E-state index contributed by atoms with van der Waals surface area (Å²) >= 11 is 0.